The van der Waals surface area contributed by atoms with Crippen molar-refractivity contribution >= 4 is 23.1 Å². The lowest BCUT2D eigenvalue weighted by Gasteiger charge is -2.38. The number of ether oxygens (including phenoxy) is 1. The van der Waals surface area contributed by atoms with Crippen molar-refractivity contribution in [1.29, 1.82) is 0 Å². The van der Waals surface area contributed by atoms with Crippen molar-refractivity contribution < 1.29 is 14.3 Å². The van der Waals surface area contributed by atoms with Gasteiger partial charge in [-0.3, -0.25) is 14.6 Å². The van der Waals surface area contributed by atoms with Gasteiger partial charge in [0.05, 0.1) is 12.2 Å². The smallest absolute Gasteiger partial charge is 0.226 e. The lowest BCUT2D eigenvalue weighted by Crippen LogP contribution is -2.49. The van der Waals surface area contributed by atoms with Crippen molar-refractivity contribution in [2.24, 2.45) is 10.9 Å². The molecule has 39 heavy (non-hydrogen) atoms. The molecule has 1 unspecified atom stereocenters. The van der Waals surface area contributed by atoms with Gasteiger partial charge in [0.15, 0.2) is 5.78 Å². The standard InChI is InChI=1S/C33H45N3O3/c1-23-21-25(22-24(2)39-23)13-16-31(37)33(34-3)29-10-4-7-26(29)9-6-12-32(38)36-19-17-35(18-20-36)30-11-5-8-27-14-15-28(27)30/h5-6,8-9,11,23-25H,4,7,10,12-22H2,1-3H3/b9-6+,34-33+/t23-,24+,25?. The van der Waals surface area contributed by atoms with E-state index in [1.54, 1.807) is 7.05 Å². The van der Waals surface area contributed by atoms with Crippen LogP contribution in [0.5, 0.6) is 0 Å². The third kappa shape index (κ3) is 6.54. The van der Waals surface area contributed by atoms with Gasteiger partial charge in [0.1, 0.15) is 5.71 Å². The number of carbonyl (C=O) groups is 2. The quantitative estimate of drug-likeness (QED) is 0.396. The van der Waals surface area contributed by atoms with Gasteiger partial charge >= 0.3 is 0 Å². The highest BCUT2D eigenvalue weighted by atomic mass is 16.5. The summed E-state index contributed by atoms with van der Waals surface area (Å²) in [7, 11) is 1.74. The van der Waals surface area contributed by atoms with Crippen molar-refractivity contribution in [3.8, 4) is 0 Å². The number of aryl methyl sites for hydroxylation is 1. The summed E-state index contributed by atoms with van der Waals surface area (Å²) in [5.74, 6) is 0.890. The number of carbonyl (C=O) groups excluding carboxylic acids is 2. The Kier molecular flexibility index (Phi) is 9.01. The molecule has 3 atom stereocenters. The number of hydrogen-bond acceptors (Lipinski definition) is 5. The van der Waals surface area contributed by atoms with Gasteiger partial charge in [-0.2, -0.15) is 0 Å². The van der Waals surface area contributed by atoms with Crippen LogP contribution in [0.2, 0.25) is 0 Å². The first-order chi connectivity index (χ1) is 18.9. The first-order valence-electron chi connectivity index (χ1n) is 15.1. The van der Waals surface area contributed by atoms with E-state index >= 15 is 0 Å². The van der Waals surface area contributed by atoms with Crippen molar-refractivity contribution in [2.75, 3.05) is 38.1 Å². The number of rotatable bonds is 9. The van der Waals surface area contributed by atoms with E-state index in [0.29, 0.717) is 24.5 Å². The Labute approximate surface area is 234 Å². The summed E-state index contributed by atoms with van der Waals surface area (Å²) in [6.07, 6.45) is 13.8. The topological polar surface area (TPSA) is 62.2 Å². The van der Waals surface area contributed by atoms with Crippen LogP contribution in [0.15, 0.2) is 46.5 Å². The van der Waals surface area contributed by atoms with Crippen molar-refractivity contribution in [2.45, 2.75) is 90.3 Å². The third-order valence-electron chi connectivity index (χ3n) is 9.09. The zero-order valence-electron chi connectivity index (χ0n) is 24.1. The predicted octanol–water partition coefficient (Wildman–Crippen LogP) is 5.48. The van der Waals surface area contributed by atoms with E-state index in [9.17, 15) is 9.59 Å². The van der Waals surface area contributed by atoms with E-state index in [2.05, 4.69) is 48.0 Å². The highest BCUT2D eigenvalue weighted by Crippen LogP contribution is 2.34. The molecular weight excluding hydrogens is 486 g/mol. The molecule has 4 aliphatic rings. The number of nitrogens with zero attached hydrogens (tertiary/aromatic N) is 3. The fourth-order valence-corrected chi connectivity index (χ4v) is 7.03. The number of allylic oxidation sites excluding steroid dienone is 3. The summed E-state index contributed by atoms with van der Waals surface area (Å²) in [4.78, 5) is 35.0. The van der Waals surface area contributed by atoms with E-state index in [0.717, 1.165) is 70.3 Å². The Hall–Kier alpha value is -2.73. The summed E-state index contributed by atoms with van der Waals surface area (Å²) in [6, 6.07) is 6.63. The zero-order valence-corrected chi connectivity index (χ0v) is 24.1. The van der Waals surface area contributed by atoms with E-state index in [1.807, 2.05) is 11.0 Å². The average molecular weight is 532 g/mol. The number of amides is 1. The number of aliphatic imine (C=N–C) groups is 1. The molecule has 2 fully saturated rings. The molecule has 5 rings (SSSR count). The summed E-state index contributed by atoms with van der Waals surface area (Å²) >= 11 is 0. The predicted molar refractivity (Wildman–Crippen MR) is 158 cm³/mol. The van der Waals surface area contributed by atoms with Crippen LogP contribution >= 0.6 is 0 Å². The number of piperazine rings is 1. The van der Waals surface area contributed by atoms with Crippen molar-refractivity contribution in [1.82, 2.24) is 4.90 Å². The van der Waals surface area contributed by atoms with E-state index in [1.165, 1.54) is 35.2 Å². The summed E-state index contributed by atoms with van der Waals surface area (Å²) < 4.78 is 5.86. The maximum Gasteiger partial charge on any atom is 0.226 e. The lowest BCUT2D eigenvalue weighted by atomic mass is 9.86. The van der Waals surface area contributed by atoms with Gasteiger partial charge in [-0.15, -0.1) is 0 Å². The van der Waals surface area contributed by atoms with Crippen LogP contribution in [-0.2, 0) is 27.2 Å². The first-order valence-corrected chi connectivity index (χ1v) is 15.1. The molecule has 6 heteroatoms. The number of ketones is 1. The summed E-state index contributed by atoms with van der Waals surface area (Å²) in [5.41, 5.74) is 7.27. The molecule has 1 aromatic rings. The minimum Gasteiger partial charge on any atom is -0.376 e. The molecule has 0 radical (unpaired) electrons. The van der Waals surface area contributed by atoms with Gasteiger partial charge in [-0.05, 0) is 99.5 Å². The van der Waals surface area contributed by atoms with Crippen LogP contribution in [0.25, 0.3) is 0 Å². The van der Waals surface area contributed by atoms with E-state index < -0.39 is 0 Å². The Morgan fingerprint density at radius 1 is 1.03 bits per heavy atom. The molecule has 0 bridgehead atoms. The second kappa shape index (κ2) is 12.6. The number of hydrogen-bond donors (Lipinski definition) is 0. The Bertz CT molecular complexity index is 1150. The number of Topliss-reactive ketones (excluding diaryl/α,β-unsaturated/α-hetero) is 1. The number of benzene rings is 1. The molecule has 1 amide bonds. The lowest BCUT2D eigenvalue weighted by molar-refractivity contribution is -0.130. The first kappa shape index (κ1) is 27.8. The summed E-state index contributed by atoms with van der Waals surface area (Å²) in [6.45, 7) is 7.60. The fourth-order valence-electron chi connectivity index (χ4n) is 7.03. The third-order valence-corrected chi connectivity index (χ3v) is 9.09. The summed E-state index contributed by atoms with van der Waals surface area (Å²) in [5, 5.41) is 0. The Morgan fingerprint density at radius 2 is 1.79 bits per heavy atom. The van der Waals surface area contributed by atoms with Gasteiger partial charge in [0.2, 0.25) is 5.91 Å². The normalized spacial score (nSPS) is 25.7. The molecule has 210 valence electrons. The molecule has 1 aromatic carbocycles. The SMILES string of the molecule is C/N=C(/C(=O)CCC1C[C@@H](C)O[C@@H](C)C1)C1=C(/C=C/CC(=O)N2CCN(c3cccc4c3CC4)CC2)CCC1. The molecule has 0 N–H and O–H groups in total. The van der Waals surface area contributed by atoms with Gasteiger partial charge in [-0.1, -0.05) is 24.3 Å². The molecule has 2 heterocycles. The Morgan fingerprint density at radius 3 is 2.49 bits per heavy atom. The molecule has 0 aromatic heterocycles. The highest BCUT2D eigenvalue weighted by Gasteiger charge is 2.28. The molecule has 2 aliphatic heterocycles. The minimum absolute atomic E-state index is 0.161. The van der Waals surface area contributed by atoms with Crippen LogP contribution in [0.3, 0.4) is 0 Å². The van der Waals surface area contributed by atoms with Crippen LogP contribution < -0.4 is 4.90 Å². The molecule has 2 aliphatic carbocycles. The molecule has 0 spiro atoms. The second-order valence-corrected chi connectivity index (χ2v) is 11.9. The number of fused-ring (bicyclic) bond motifs is 1. The van der Waals surface area contributed by atoms with Crippen LogP contribution in [0, 0.1) is 5.92 Å². The van der Waals surface area contributed by atoms with Gasteiger partial charge in [0.25, 0.3) is 0 Å². The fraction of sp³-hybridized carbons (Fsp3) is 0.606. The monoisotopic (exact) mass is 531 g/mol. The van der Waals surface area contributed by atoms with Gasteiger partial charge in [-0.25, -0.2) is 0 Å². The van der Waals surface area contributed by atoms with Crippen molar-refractivity contribution in [3.63, 3.8) is 0 Å². The minimum atomic E-state index is 0.161. The van der Waals surface area contributed by atoms with Crippen LogP contribution in [0.4, 0.5) is 5.69 Å². The average Bonchev–Trinajstić information content (AvgIpc) is 3.36. The van der Waals surface area contributed by atoms with Gasteiger partial charge in [0, 0.05) is 51.8 Å². The molecule has 2 saturated heterocycles. The molecule has 6 nitrogen and oxygen atoms in total. The molecular formula is C33H45N3O3. The maximum absolute atomic E-state index is 13.2. The van der Waals surface area contributed by atoms with E-state index in [4.69, 9.17) is 4.74 Å². The largest absolute Gasteiger partial charge is 0.376 e. The highest BCUT2D eigenvalue weighted by molar-refractivity contribution is 6.46. The van der Waals surface area contributed by atoms with E-state index in [-0.39, 0.29) is 23.9 Å². The van der Waals surface area contributed by atoms with Crippen molar-refractivity contribution in [3.05, 3.63) is 52.6 Å². The van der Waals surface area contributed by atoms with Gasteiger partial charge < -0.3 is 14.5 Å². The second-order valence-electron chi connectivity index (χ2n) is 11.9. The van der Waals surface area contributed by atoms with Crippen LogP contribution in [-0.4, -0.2) is 67.7 Å². The maximum atomic E-state index is 13.2. The Balaban J connectivity index is 1.12. The zero-order chi connectivity index (χ0) is 27.4. The van der Waals surface area contributed by atoms with Crippen LogP contribution in [0.1, 0.15) is 76.3 Å². The molecule has 0 saturated carbocycles. The number of anilines is 1.